The maximum absolute atomic E-state index is 14.1. The van der Waals surface area contributed by atoms with Gasteiger partial charge in [-0.05, 0) is 62.6 Å². The van der Waals surface area contributed by atoms with Gasteiger partial charge in [0.2, 0.25) is 5.43 Å². The first-order valence-corrected chi connectivity index (χ1v) is 13.0. The molecule has 6 rings (SSSR count). The quantitative estimate of drug-likeness (QED) is 0.633. The highest BCUT2D eigenvalue weighted by Crippen LogP contribution is 2.45. The van der Waals surface area contributed by atoms with Crippen LogP contribution in [-0.2, 0) is 7.05 Å². The molecular formula is C28H35N3O4. The molecule has 1 amide bonds. The van der Waals surface area contributed by atoms with Crippen LogP contribution in [0.5, 0.6) is 11.5 Å². The molecule has 0 radical (unpaired) electrons. The summed E-state index contributed by atoms with van der Waals surface area (Å²) in [5.74, 6) is 1.93. The number of likely N-dealkylation sites (tertiary alicyclic amines) is 1. The lowest BCUT2D eigenvalue weighted by molar-refractivity contribution is 0.00142. The summed E-state index contributed by atoms with van der Waals surface area (Å²) in [5.41, 5.74) is 1.98. The molecule has 1 aromatic carbocycles. The SMILES string of the molecule is COc1ccc(OC)c2c1c(=O)c(C(=O)N1CCCC3=C[C@H]4C[C@@H](CN5CCCC[C@@H]45)[C@@H]31)cn2C. The molecule has 4 heterocycles. The summed E-state index contributed by atoms with van der Waals surface area (Å²) < 4.78 is 12.9. The first-order valence-electron chi connectivity index (χ1n) is 13.0. The molecule has 35 heavy (non-hydrogen) atoms. The van der Waals surface area contributed by atoms with E-state index >= 15 is 0 Å². The number of methoxy groups -OCH3 is 2. The van der Waals surface area contributed by atoms with Crippen molar-refractivity contribution in [2.75, 3.05) is 33.9 Å². The second kappa shape index (κ2) is 8.70. The van der Waals surface area contributed by atoms with Crippen LogP contribution in [-0.4, -0.2) is 66.2 Å². The monoisotopic (exact) mass is 477 g/mol. The van der Waals surface area contributed by atoms with E-state index < -0.39 is 0 Å². The molecule has 0 unspecified atom stereocenters. The number of amides is 1. The van der Waals surface area contributed by atoms with Crippen LogP contribution in [0.4, 0.5) is 0 Å². The summed E-state index contributed by atoms with van der Waals surface area (Å²) >= 11 is 0. The summed E-state index contributed by atoms with van der Waals surface area (Å²) in [7, 11) is 4.98. The molecule has 2 bridgehead atoms. The number of hydrogen-bond acceptors (Lipinski definition) is 5. The van der Waals surface area contributed by atoms with Crippen LogP contribution in [0.25, 0.3) is 10.9 Å². The molecule has 3 saturated heterocycles. The smallest absolute Gasteiger partial charge is 0.259 e. The van der Waals surface area contributed by atoms with Gasteiger partial charge in [0.25, 0.3) is 5.91 Å². The van der Waals surface area contributed by atoms with Crippen molar-refractivity contribution in [2.24, 2.45) is 18.9 Å². The first kappa shape index (κ1) is 22.7. The number of piperidine rings is 3. The van der Waals surface area contributed by atoms with Crippen molar-refractivity contribution in [3.05, 3.63) is 45.8 Å². The lowest BCUT2D eigenvalue weighted by Gasteiger charge is -2.54. The molecule has 1 aromatic heterocycles. The zero-order chi connectivity index (χ0) is 24.3. The zero-order valence-electron chi connectivity index (χ0n) is 21.0. The Morgan fingerprint density at radius 3 is 2.66 bits per heavy atom. The maximum atomic E-state index is 14.1. The van der Waals surface area contributed by atoms with Crippen LogP contribution in [0.1, 0.15) is 48.9 Å². The minimum absolute atomic E-state index is 0.1000. The van der Waals surface area contributed by atoms with E-state index in [0.29, 0.717) is 46.8 Å². The third-order valence-corrected chi connectivity index (χ3v) is 8.84. The Kier molecular flexibility index (Phi) is 5.63. The Balaban J connectivity index is 1.42. The Labute approximate surface area is 206 Å². The molecule has 3 fully saturated rings. The molecule has 4 atom stereocenters. The molecule has 7 nitrogen and oxygen atoms in total. The topological polar surface area (TPSA) is 64.0 Å². The molecule has 4 aliphatic rings. The number of fused-ring (bicyclic) bond motifs is 7. The molecule has 186 valence electrons. The minimum Gasteiger partial charge on any atom is -0.496 e. The van der Waals surface area contributed by atoms with E-state index in [1.165, 1.54) is 31.4 Å². The standard InChI is InChI=1S/C28H35N3O4/c1-29-16-20(27(32)24-22(34-2)9-10-23(35-3)26(24)29)28(33)31-12-6-7-17-13-18-14-19(25(17)31)15-30-11-5-4-8-21(18)30/h9-10,13,16,18-19,21,25H,4-8,11-12,14-15H2,1-3H3/t18-,19-,21-,25+/m0/s1. The third kappa shape index (κ3) is 3.50. The number of nitrogens with zero attached hydrogens (tertiary/aromatic N) is 3. The number of carbonyl (C=O) groups excluding carboxylic acids is 1. The highest BCUT2D eigenvalue weighted by atomic mass is 16.5. The van der Waals surface area contributed by atoms with Gasteiger partial charge in [0.15, 0.2) is 0 Å². The summed E-state index contributed by atoms with van der Waals surface area (Å²) in [5, 5.41) is 0.394. The van der Waals surface area contributed by atoms with E-state index in [1.54, 1.807) is 32.5 Å². The van der Waals surface area contributed by atoms with Gasteiger partial charge in [-0.2, -0.15) is 0 Å². The highest BCUT2D eigenvalue weighted by molar-refractivity contribution is 6.00. The molecule has 1 aliphatic carbocycles. The fourth-order valence-corrected chi connectivity index (χ4v) is 7.42. The van der Waals surface area contributed by atoms with Gasteiger partial charge < -0.3 is 18.9 Å². The lowest BCUT2D eigenvalue weighted by atomic mass is 9.68. The van der Waals surface area contributed by atoms with Crippen molar-refractivity contribution in [1.29, 1.82) is 0 Å². The largest absolute Gasteiger partial charge is 0.496 e. The number of pyridine rings is 1. The Morgan fingerprint density at radius 1 is 1.06 bits per heavy atom. The number of benzene rings is 1. The van der Waals surface area contributed by atoms with Crippen molar-refractivity contribution in [1.82, 2.24) is 14.4 Å². The van der Waals surface area contributed by atoms with E-state index in [0.717, 1.165) is 25.8 Å². The fraction of sp³-hybridized carbons (Fsp3) is 0.571. The number of aromatic nitrogens is 1. The van der Waals surface area contributed by atoms with Gasteiger partial charge in [0.05, 0.1) is 31.2 Å². The van der Waals surface area contributed by atoms with Crippen molar-refractivity contribution < 1.29 is 14.3 Å². The predicted octanol–water partition coefficient (Wildman–Crippen LogP) is 3.59. The van der Waals surface area contributed by atoms with Gasteiger partial charge in [-0.3, -0.25) is 14.5 Å². The van der Waals surface area contributed by atoms with Crippen molar-refractivity contribution >= 4 is 16.8 Å². The van der Waals surface area contributed by atoms with Crippen molar-refractivity contribution in [3.63, 3.8) is 0 Å². The van der Waals surface area contributed by atoms with Gasteiger partial charge >= 0.3 is 0 Å². The van der Waals surface area contributed by atoms with Gasteiger partial charge in [-0.15, -0.1) is 0 Å². The van der Waals surface area contributed by atoms with Crippen LogP contribution in [0.3, 0.4) is 0 Å². The van der Waals surface area contributed by atoms with Crippen LogP contribution >= 0.6 is 0 Å². The van der Waals surface area contributed by atoms with Crippen LogP contribution in [0.15, 0.2) is 34.8 Å². The average molecular weight is 478 g/mol. The molecule has 0 saturated carbocycles. The van der Waals surface area contributed by atoms with E-state index in [4.69, 9.17) is 9.47 Å². The summed E-state index contributed by atoms with van der Waals surface area (Å²) in [6.07, 6.45) is 11.3. The van der Waals surface area contributed by atoms with Gasteiger partial charge in [0, 0.05) is 32.4 Å². The van der Waals surface area contributed by atoms with E-state index in [9.17, 15) is 9.59 Å². The normalized spacial score (nSPS) is 28.2. The Morgan fingerprint density at radius 2 is 1.86 bits per heavy atom. The van der Waals surface area contributed by atoms with Gasteiger partial charge in [0.1, 0.15) is 17.1 Å². The lowest BCUT2D eigenvalue weighted by Crippen LogP contribution is -2.60. The second-order valence-electron chi connectivity index (χ2n) is 10.7. The average Bonchev–Trinajstić information content (AvgIpc) is 2.89. The van der Waals surface area contributed by atoms with Gasteiger partial charge in [-0.25, -0.2) is 0 Å². The molecule has 0 N–H and O–H groups in total. The third-order valence-electron chi connectivity index (χ3n) is 8.84. The predicted molar refractivity (Wildman–Crippen MR) is 135 cm³/mol. The highest BCUT2D eigenvalue weighted by Gasteiger charge is 2.47. The van der Waals surface area contributed by atoms with Crippen LogP contribution in [0, 0.1) is 11.8 Å². The molecule has 2 aromatic rings. The number of hydrogen-bond donors (Lipinski definition) is 0. The second-order valence-corrected chi connectivity index (χ2v) is 10.7. The van der Waals surface area contributed by atoms with E-state index in [1.807, 2.05) is 16.5 Å². The maximum Gasteiger partial charge on any atom is 0.259 e. The van der Waals surface area contributed by atoms with E-state index in [2.05, 4.69) is 11.0 Å². The van der Waals surface area contributed by atoms with Gasteiger partial charge in [-0.1, -0.05) is 18.1 Å². The number of ether oxygens (including phenoxy) is 2. The number of carbonyl (C=O) groups is 1. The molecular weight excluding hydrogens is 442 g/mol. The Hall–Kier alpha value is -2.80. The van der Waals surface area contributed by atoms with Crippen molar-refractivity contribution in [3.8, 4) is 11.5 Å². The van der Waals surface area contributed by atoms with Crippen molar-refractivity contribution in [2.45, 2.75) is 50.6 Å². The summed E-state index contributed by atoms with van der Waals surface area (Å²) in [4.78, 5) is 32.5. The van der Waals surface area contributed by atoms with Crippen LogP contribution in [0.2, 0.25) is 0 Å². The summed E-state index contributed by atoms with van der Waals surface area (Å²) in [6.45, 7) is 2.93. The van der Waals surface area contributed by atoms with Crippen LogP contribution < -0.4 is 14.9 Å². The zero-order valence-corrected chi connectivity index (χ0v) is 21.0. The molecule has 0 spiro atoms. The fourth-order valence-electron chi connectivity index (χ4n) is 7.42. The Bertz CT molecular complexity index is 1270. The summed E-state index contributed by atoms with van der Waals surface area (Å²) in [6, 6.07) is 4.30. The molecule has 7 heteroatoms. The molecule has 3 aliphatic heterocycles. The number of rotatable bonds is 3. The number of aryl methyl sites for hydroxylation is 1. The van der Waals surface area contributed by atoms with E-state index in [-0.39, 0.29) is 22.9 Å². The minimum atomic E-state index is -0.289. The first-order chi connectivity index (χ1) is 17.0.